The van der Waals surface area contributed by atoms with Gasteiger partial charge in [-0.3, -0.25) is 14.1 Å². The van der Waals surface area contributed by atoms with Crippen LogP contribution < -0.4 is 0 Å². The summed E-state index contributed by atoms with van der Waals surface area (Å²) in [5.41, 5.74) is 0. The molecule has 0 amide bonds. The van der Waals surface area contributed by atoms with Gasteiger partial charge in [-0.25, -0.2) is 4.57 Å². The topological polar surface area (TPSA) is 119 Å². The largest absolute Gasteiger partial charge is 0.469 e. The Bertz CT molecular complexity index is 935. The zero-order valence-corrected chi connectivity index (χ0v) is 38.4. The first kappa shape index (κ1) is 55.8. The normalized spacial score (nSPS) is 12.4. The predicted molar refractivity (Wildman–Crippen MR) is 239 cm³/mol. The second-order valence-corrected chi connectivity index (χ2v) is 18.0. The lowest BCUT2D eigenvalue weighted by molar-refractivity contribution is -0.161. The van der Waals surface area contributed by atoms with Crippen molar-refractivity contribution in [3.05, 3.63) is 12.2 Å². The van der Waals surface area contributed by atoms with Crippen molar-refractivity contribution in [3.8, 4) is 0 Å². The maximum absolute atomic E-state index is 12.5. The van der Waals surface area contributed by atoms with Crippen molar-refractivity contribution < 1.29 is 37.9 Å². The van der Waals surface area contributed by atoms with Gasteiger partial charge in [0.2, 0.25) is 0 Å². The summed E-state index contributed by atoms with van der Waals surface area (Å²) in [4.78, 5) is 43.0. The maximum atomic E-state index is 12.5. The van der Waals surface area contributed by atoms with E-state index in [0.29, 0.717) is 6.42 Å². The van der Waals surface area contributed by atoms with Gasteiger partial charge >= 0.3 is 19.8 Å². The number of phosphoric ester groups is 1. The number of esters is 2. The first-order valence-electron chi connectivity index (χ1n) is 24.5. The Balaban J connectivity index is 3.80. The van der Waals surface area contributed by atoms with E-state index < -0.39 is 32.5 Å². The molecule has 338 valence electrons. The van der Waals surface area contributed by atoms with Crippen molar-refractivity contribution in [2.75, 3.05) is 13.2 Å². The molecule has 2 N–H and O–H groups in total. The molecule has 0 radical (unpaired) electrons. The van der Waals surface area contributed by atoms with Gasteiger partial charge in [-0.05, 0) is 38.5 Å². The van der Waals surface area contributed by atoms with Gasteiger partial charge in [0, 0.05) is 12.8 Å². The molecule has 57 heavy (non-hydrogen) atoms. The Morgan fingerprint density at radius 1 is 0.439 bits per heavy atom. The summed E-state index contributed by atoms with van der Waals surface area (Å²) in [5, 5.41) is 0. The highest BCUT2D eigenvalue weighted by molar-refractivity contribution is 7.46. The summed E-state index contributed by atoms with van der Waals surface area (Å²) in [6, 6.07) is 0. The molecule has 0 aliphatic carbocycles. The van der Waals surface area contributed by atoms with Gasteiger partial charge in [0.15, 0.2) is 6.10 Å². The molecule has 0 saturated heterocycles. The number of hydrogen-bond acceptors (Lipinski definition) is 6. The predicted octanol–water partition coefficient (Wildman–Crippen LogP) is 15.4. The molecule has 0 heterocycles. The quantitative estimate of drug-likeness (QED) is 0.0269. The number of hydrogen-bond donors (Lipinski definition) is 2. The number of allylic oxidation sites excluding steroid dienone is 2. The van der Waals surface area contributed by atoms with Crippen LogP contribution in [0.25, 0.3) is 0 Å². The third-order valence-corrected chi connectivity index (χ3v) is 11.5. The minimum Gasteiger partial charge on any atom is -0.462 e. The van der Waals surface area contributed by atoms with Crippen LogP contribution in [0.4, 0.5) is 0 Å². The van der Waals surface area contributed by atoms with Gasteiger partial charge in [0.25, 0.3) is 0 Å². The van der Waals surface area contributed by atoms with Gasteiger partial charge in [-0.2, -0.15) is 0 Å². The second kappa shape index (κ2) is 44.3. The third kappa shape index (κ3) is 47.3. The molecule has 1 unspecified atom stereocenters. The van der Waals surface area contributed by atoms with Crippen molar-refractivity contribution in [2.45, 2.75) is 270 Å². The van der Waals surface area contributed by atoms with E-state index in [1.54, 1.807) is 0 Å². The van der Waals surface area contributed by atoms with Crippen LogP contribution in [0.15, 0.2) is 12.2 Å². The Kier molecular flexibility index (Phi) is 43.4. The molecule has 0 bridgehead atoms. The van der Waals surface area contributed by atoms with E-state index in [0.717, 1.165) is 38.5 Å². The SMILES string of the molecule is CCCCCCCC/C=C\CCCCCCCCCCCC(=O)OC(COC(=O)CCCCCCCCCCCCCCCCCCCCCC)COP(=O)(O)O. The molecule has 8 nitrogen and oxygen atoms in total. The monoisotopic (exact) mass is 829 g/mol. The molecule has 1 atom stereocenters. The van der Waals surface area contributed by atoms with Crippen LogP contribution >= 0.6 is 7.82 Å². The van der Waals surface area contributed by atoms with E-state index in [-0.39, 0.29) is 19.4 Å². The van der Waals surface area contributed by atoms with E-state index in [4.69, 9.17) is 19.3 Å². The van der Waals surface area contributed by atoms with Crippen molar-refractivity contribution in [1.29, 1.82) is 0 Å². The van der Waals surface area contributed by atoms with Crippen molar-refractivity contribution in [1.82, 2.24) is 0 Å². The molecule has 0 rings (SSSR count). The van der Waals surface area contributed by atoms with E-state index in [1.807, 2.05) is 0 Å². The summed E-state index contributed by atoms with van der Waals surface area (Å²) >= 11 is 0. The summed E-state index contributed by atoms with van der Waals surface area (Å²) in [5.74, 6) is -0.870. The minimum absolute atomic E-state index is 0.214. The summed E-state index contributed by atoms with van der Waals surface area (Å²) in [6.07, 6.45) is 50.8. The van der Waals surface area contributed by atoms with Crippen molar-refractivity contribution in [2.24, 2.45) is 0 Å². The minimum atomic E-state index is -4.75. The molecular weight excluding hydrogens is 735 g/mol. The summed E-state index contributed by atoms with van der Waals surface area (Å²) < 4.78 is 26.5. The molecule has 0 aromatic heterocycles. The van der Waals surface area contributed by atoms with Crippen LogP contribution in [-0.4, -0.2) is 41.0 Å². The fourth-order valence-corrected chi connectivity index (χ4v) is 7.73. The Labute approximate surface area is 352 Å². The van der Waals surface area contributed by atoms with E-state index in [2.05, 4.69) is 30.5 Å². The van der Waals surface area contributed by atoms with Crippen molar-refractivity contribution >= 4 is 19.8 Å². The molecule has 0 saturated carbocycles. The zero-order valence-electron chi connectivity index (χ0n) is 37.5. The Morgan fingerprint density at radius 3 is 1.07 bits per heavy atom. The van der Waals surface area contributed by atoms with Gasteiger partial charge in [0.05, 0.1) is 6.61 Å². The lowest BCUT2D eigenvalue weighted by atomic mass is 10.0. The van der Waals surface area contributed by atoms with E-state index >= 15 is 0 Å². The number of ether oxygens (including phenoxy) is 2. The first-order valence-corrected chi connectivity index (χ1v) is 26.0. The van der Waals surface area contributed by atoms with E-state index in [9.17, 15) is 14.2 Å². The molecule has 0 spiro atoms. The van der Waals surface area contributed by atoms with E-state index in [1.165, 1.54) is 193 Å². The number of carbonyl (C=O) groups is 2. The second-order valence-electron chi connectivity index (χ2n) is 16.8. The number of unbranched alkanes of at least 4 members (excludes halogenated alkanes) is 34. The van der Waals surface area contributed by atoms with Gasteiger partial charge in [-0.1, -0.05) is 225 Å². The molecule has 0 aromatic carbocycles. The average molecular weight is 829 g/mol. The molecule has 9 heteroatoms. The highest BCUT2D eigenvalue weighted by atomic mass is 31.2. The maximum Gasteiger partial charge on any atom is 0.469 e. The zero-order chi connectivity index (χ0) is 41.8. The standard InChI is InChI=1S/C48H93O8P/c1-3-5-7-9-11-13-15-17-19-21-23-25-26-28-30-32-34-36-38-40-42-47(49)54-44-46(45-55-57(51,52)53)56-48(50)43-41-39-37-35-33-31-29-27-24-22-20-18-16-14-12-10-8-6-4-2/h18,20,46H,3-17,19,21-45H2,1-2H3,(H2,51,52,53)/b20-18-. The Morgan fingerprint density at radius 2 is 0.737 bits per heavy atom. The van der Waals surface area contributed by atoms with Crippen LogP contribution in [-0.2, 0) is 28.2 Å². The average Bonchev–Trinajstić information content (AvgIpc) is 3.18. The number of carbonyl (C=O) groups excluding carboxylic acids is 2. The van der Waals surface area contributed by atoms with Gasteiger partial charge in [0.1, 0.15) is 6.61 Å². The fourth-order valence-electron chi connectivity index (χ4n) is 7.37. The number of phosphoric acid groups is 1. The first-order chi connectivity index (χ1) is 27.8. The number of rotatable bonds is 46. The molecule has 0 aliphatic rings. The lowest BCUT2D eigenvalue weighted by Gasteiger charge is -2.18. The van der Waals surface area contributed by atoms with Crippen LogP contribution in [0, 0.1) is 0 Å². The smallest absolute Gasteiger partial charge is 0.462 e. The highest BCUT2D eigenvalue weighted by Gasteiger charge is 2.23. The van der Waals surface area contributed by atoms with Crippen LogP contribution in [0.3, 0.4) is 0 Å². The van der Waals surface area contributed by atoms with Crippen molar-refractivity contribution in [3.63, 3.8) is 0 Å². The molecule has 0 fully saturated rings. The summed E-state index contributed by atoms with van der Waals surface area (Å²) in [7, 11) is -4.75. The Hall–Kier alpha value is -1.21. The molecular formula is C48H93O8P. The van der Waals surface area contributed by atoms with Gasteiger partial charge < -0.3 is 19.3 Å². The van der Waals surface area contributed by atoms with Crippen LogP contribution in [0.2, 0.25) is 0 Å². The van der Waals surface area contributed by atoms with Crippen LogP contribution in [0.1, 0.15) is 264 Å². The van der Waals surface area contributed by atoms with Crippen LogP contribution in [0.5, 0.6) is 0 Å². The molecule has 0 aromatic rings. The third-order valence-electron chi connectivity index (χ3n) is 11.0. The fraction of sp³-hybridized carbons (Fsp3) is 0.917. The summed E-state index contributed by atoms with van der Waals surface area (Å²) in [6.45, 7) is 3.73. The highest BCUT2D eigenvalue weighted by Crippen LogP contribution is 2.36. The van der Waals surface area contributed by atoms with Gasteiger partial charge in [-0.15, -0.1) is 0 Å². The molecule has 0 aliphatic heterocycles. The lowest BCUT2D eigenvalue weighted by Crippen LogP contribution is -2.29.